The molecule has 0 aromatic rings. The van der Waals surface area contributed by atoms with E-state index >= 15 is 0 Å². The fraction of sp³-hybridized carbons (Fsp3) is 1.00. The molecule has 0 atom stereocenters. The zero-order valence-electron chi connectivity index (χ0n) is 15.8. The van der Waals surface area contributed by atoms with Crippen molar-refractivity contribution in [1.82, 2.24) is 6.15 Å². The molecule has 148 valence electrons. The minimum absolute atomic E-state index is 0. The zero-order valence-corrected chi connectivity index (χ0v) is 15.8. The summed E-state index contributed by atoms with van der Waals surface area (Å²) in [6.07, 6.45) is 13.2. The van der Waals surface area contributed by atoms with Crippen LogP contribution in [0, 0.1) is 0 Å². The normalized spacial score (nSPS) is 10.8. The number of rotatable bonds is 20. The van der Waals surface area contributed by atoms with E-state index in [0.29, 0.717) is 39.6 Å². The van der Waals surface area contributed by atoms with Gasteiger partial charge in [0, 0.05) is 0 Å². The highest BCUT2D eigenvalue weighted by molar-refractivity contribution is 4.46. The number of unbranched alkanes of at least 4 members (excludes halogenated alkanes) is 9. The first-order valence-corrected chi connectivity index (χ1v) is 9.42. The van der Waals surface area contributed by atoms with E-state index in [0.717, 1.165) is 6.42 Å². The van der Waals surface area contributed by atoms with Gasteiger partial charge in [0.2, 0.25) is 0 Å². The fourth-order valence-electron chi connectivity index (χ4n) is 2.25. The predicted octanol–water partition coefficient (Wildman–Crippen LogP) is 4.04. The average Bonchev–Trinajstić information content (AvgIpc) is 2.57. The highest BCUT2D eigenvalue weighted by Crippen LogP contribution is 2.10. The van der Waals surface area contributed by atoms with Gasteiger partial charge in [-0.1, -0.05) is 64.7 Å². The van der Waals surface area contributed by atoms with Gasteiger partial charge in [-0.3, -0.25) is 0 Å². The molecule has 0 aromatic carbocycles. The number of hydrogen-bond acceptors (Lipinski definition) is 6. The molecule has 0 saturated carbocycles. The summed E-state index contributed by atoms with van der Waals surface area (Å²) in [7, 11) is 0. The minimum Gasteiger partial charge on any atom is -0.394 e. The Morgan fingerprint density at radius 3 is 1.58 bits per heavy atom. The van der Waals surface area contributed by atoms with Gasteiger partial charge < -0.3 is 20.7 Å². The lowest BCUT2D eigenvalue weighted by molar-refractivity contribution is -0.299. The maximum atomic E-state index is 8.51. The fourth-order valence-corrected chi connectivity index (χ4v) is 2.25. The van der Waals surface area contributed by atoms with Gasteiger partial charge in [0.15, 0.2) is 0 Å². The van der Waals surface area contributed by atoms with Crippen LogP contribution in [0.1, 0.15) is 71.1 Å². The van der Waals surface area contributed by atoms with Crippen LogP contribution < -0.4 is 6.15 Å². The van der Waals surface area contributed by atoms with Crippen LogP contribution in [0.5, 0.6) is 0 Å². The molecule has 0 heterocycles. The molecular formula is C18H41NO5. The summed E-state index contributed by atoms with van der Waals surface area (Å²) in [5, 5.41) is 8.51. The van der Waals surface area contributed by atoms with Gasteiger partial charge >= 0.3 is 0 Å². The van der Waals surface area contributed by atoms with Crippen LogP contribution in [0.3, 0.4) is 0 Å². The molecule has 0 amide bonds. The maximum absolute atomic E-state index is 8.51. The molecule has 6 heteroatoms. The first-order valence-electron chi connectivity index (χ1n) is 9.42. The third kappa shape index (κ3) is 24.0. The third-order valence-electron chi connectivity index (χ3n) is 3.58. The minimum atomic E-state index is 0. The summed E-state index contributed by atoms with van der Waals surface area (Å²) in [4.78, 5) is 10.1. The Balaban J connectivity index is 0. The Hall–Kier alpha value is -0.240. The Morgan fingerprint density at radius 2 is 1.00 bits per heavy atom. The summed E-state index contributed by atoms with van der Waals surface area (Å²) in [6, 6.07) is 0. The van der Waals surface area contributed by atoms with Crippen LogP contribution in [0.25, 0.3) is 0 Å². The lowest BCUT2D eigenvalue weighted by atomic mass is 10.1. The standard InChI is InChI=1S/C18H38O5.H3N/c1-2-3-4-5-6-7-8-9-10-11-13-22-23-18-17-21-16-15-20-14-12-19;/h19H,2-18H2,1H3;1H3. The smallest absolute Gasteiger partial charge is 0.106 e. The second-order valence-corrected chi connectivity index (χ2v) is 5.77. The molecule has 0 rings (SSSR count). The second kappa shape index (κ2) is 25.0. The van der Waals surface area contributed by atoms with E-state index in [9.17, 15) is 0 Å². The van der Waals surface area contributed by atoms with Gasteiger partial charge in [-0.05, 0) is 6.42 Å². The average molecular weight is 352 g/mol. The monoisotopic (exact) mass is 351 g/mol. The van der Waals surface area contributed by atoms with Crippen LogP contribution in [-0.4, -0.2) is 51.4 Å². The van der Waals surface area contributed by atoms with Crippen molar-refractivity contribution in [1.29, 1.82) is 0 Å². The Bertz CT molecular complexity index is 188. The predicted molar refractivity (Wildman–Crippen MR) is 97.5 cm³/mol. The van der Waals surface area contributed by atoms with E-state index < -0.39 is 0 Å². The molecule has 0 aliphatic heterocycles. The van der Waals surface area contributed by atoms with Crippen LogP contribution in [0.4, 0.5) is 0 Å². The van der Waals surface area contributed by atoms with E-state index in [1.165, 1.54) is 57.8 Å². The Kier molecular flexibility index (Phi) is 27.1. The number of aliphatic hydroxyl groups excluding tert-OH is 1. The Labute approximate surface area is 148 Å². The summed E-state index contributed by atoms with van der Waals surface area (Å²) in [5.74, 6) is 0. The van der Waals surface area contributed by atoms with Crippen molar-refractivity contribution in [3.63, 3.8) is 0 Å². The largest absolute Gasteiger partial charge is 0.394 e. The zero-order chi connectivity index (χ0) is 16.8. The molecule has 0 radical (unpaired) electrons. The van der Waals surface area contributed by atoms with Gasteiger partial charge in [-0.15, -0.1) is 0 Å². The lowest BCUT2D eigenvalue weighted by Crippen LogP contribution is -2.11. The van der Waals surface area contributed by atoms with Crippen molar-refractivity contribution in [3.05, 3.63) is 0 Å². The van der Waals surface area contributed by atoms with E-state index in [1.54, 1.807) is 0 Å². The van der Waals surface area contributed by atoms with E-state index in [1.807, 2.05) is 0 Å². The molecule has 0 saturated heterocycles. The number of hydrogen-bond donors (Lipinski definition) is 2. The molecule has 6 nitrogen and oxygen atoms in total. The summed E-state index contributed by atoms with van der Waals surface area (Å²) < 4.78 is 10.3. The summed E-state index contributed by atoms with van der Waals surface area (Å²) in [6.45, 7) is 5.29. The molecule has 0 fully saturated rings. The van der Waals surface area contributed by atoms with Gasteiger partial charge in [-0.25, -0.2) is 9.78 Å². The lowest BCUT2D eigenvalue weighted by Gasteiger charge is -2.06. The highest BCUT2D eigenvalue weighted by atomic mass is 17.2. The molecule has 0 aliphatic carbocycles. The van der Waals surface area contributed by atoms with Gasteiger partial charge in [0.05, 0.1) is 39.6 Å². The molecule has 24 heavy (non-hydrogen) atoms. The third-order valence-corrected chi connectivity index (χ3v) is 3.58. The van der Waals surface area contributed by atoms with Crippen molar-refractivity contribution in [3.8, 4) is 0 Å². The first-order chi connectivity index (χ1) is 11.4. The highest BCUT2D eigenvalue weighted by Gasteiger charge is 1.94. The molecule has 0 unspecified atom stereocenters. The van der Waals surface area contributed by atoms with E-state index in [4.69, 9.17) is 24.4 Å². The SMILES string of the molecule is CCCCCCCCCCCCOOCCOCCOCCO.N. The topological polar surface area (TPSA) is 92.2 Å². The summed E-state index contributed by atoms with van der Waals surface area (Å²) in [5.41, 5.74) is 0. The number of ether oxygens (including phenoxy) is 2. The first kappa shape index (κ1) is 26.0. The van der Waals surface area contributed by atoms with Crippen molar-refractivity contribution >= 4 is 0 Å². The van der Waals surface area contributed by atoms with Crippen LogP contribution in [0.2, 0.25) is 0 Å². The van der Waals surface area contributed by atoms with Crippen LogP contribution in [0.15, 0.2) is 0 Å². The van der Waals surface area contributed by atoms with Gasteiger partial charge in [0.1, 0.15) is 6.61 Å². The van der Waals surface area contributed by atoms with Crippen molar-refractivity contribution < 1.29 is 24.4 Å². The number of aliphatic hydroxyl groups is 1. The summed E-state index contributed by atoms with van der Waals surface area (Å²) >= 11 is 0. The molecule has 0 bridgehead atoms. The van der Waals surface area contributed by atoms with Crippen LogP contribution in [-0.2, 0) is 19.2 Å². The molecule has 0 spiro atoms. The van der Waals surface area contributed by atoms with Crippen molar-refractivity contribution in [2.75, 3.05) is 46.2 Å². The second-order valence-electron chi connectivity index (χ2n) is 5.77. The quantitative estimate of drug-likeness (QED) is 0.195. The maximum Gasteiger partial charge on any atom is 0.106 e. The van der Waals surface area contributed by atoms with Crippen LogP contribution >= 0.6 is 0 Å². The van der Waals surface area contributed by atoms with Gasteiger partial charge in [0.25, 0.3) is 0 Å². The molecule has 4 N–H and O–H groups in total. The van der Waals surface area contributed by atoms with E-state index in [-0.39, 0.29) is 12.8 Å². The molecule has 0 aliphatic rings. The Morgan fingerprint density at radius 1 is 0.542 bits per heavy atom. The van der Waals surface area contributed by atoms with Crippen molar-refractivity contribution in [2.45, 2.75) is 71.1 Å². The molecular weight excluding hydrogens is 310 g/mol. The molecule has 0 aromatic heterocycles. The van der Waals surface area contributed by atoms with Crippen molar-refractivity contribution in [2.24, 2.45) is 0 Å². The van der Waals surface area contributed by atoms with Gasteiger partial charge in [-0.2, -0.15) is 0 Å². The van der Waals surface area contributed by atoms with E-state index in [2.05, 4.69) is 6.92 Å².